The van der Waals surface area contributed by atoms with Gasteiger partial charge in [0.2, 0.25) is 0 Å². The zero-order chi connectivity index (χ0) is 23.9. The Labute approximate surface area is 197 Å². The summed E-state index contributed by atoms with van der Waals surface area (Å²) in [7, 11) is 0. The molecule has 0 heterocycles. The van der Waals surface area contributed by atoms with Gasteiger partial charge in [0.25, 0.3) is 0 Å². The number of rotatable bonds is 13. The van der Waals surface area contributed by atoms with E-state index in [2.05, 4.69) is 0 Å². The van der Waals surface area contributed by atoms with Gasteiger partial charge in [-0.25, -0.2) is 0 Å². The molecule has 0 aliphatic carbocycles. The van der Waals surface area contributed by atoms with Gasteiger partial charge in [-0.3, -0.25) is 0 Å². The van der Waals surface area contributed by atoms with E-state index in [9.17, 15) is 9.59 Å². The normalized spacial score (nSPS) is 11.9. The van der Waals surface area contributed by atoms with Gasteiger partial charge < -0.3 is 0 Å². The summed E-state index contributed by atoms with van der Waals surface area (Å²) in [6.07, 6.45) is 2.15. The van der Waals surface area contributed by atoms with Gasteiger partial charge in [-0.1, -0.05) is 0 Å². The van der Waals surface area contributed by atoms with Gasteiger partial charge in [-0.05, 0) is 0 Å². The number of carbonyl (C=O) groups is 2. The van der Waals surface area contributed by atoms with Crippen molar-refractivity contribution in [2.24, 2.45) is 0 Å². The third-order valence-corrected chi connectivity index (χ3v) is 16.6. The van der Waals surface area contributed by atoms with E-state index in [4.69, 9.17) is 18.4 Å². The van der Waals surface area contributed by atoms with Gasteiger partial charge in [0.1, 0.15) is 0 Å². The molecule has 8 nitrogen and oxygen atoms in total. The first-order chi connectivity index (χ1) is 13.7. The Morgan fingerprint density at radius 3 is 1.20 bits per heavy atom. The summed E-state index contributed by atoms with van der Waals surface area (Å²) in [4.78, 5) is 21.3. The monoisotopic (exact) mass is 651 g/mol. The molecular weight excluding hydrogens is 606 g/mol. The number of carbonyl (C=O) groups excluding carboxylic acids is 2. The van der Waals surface area contributed by atoms with E-state index in [0.717, 1.165) is 17.3 Å². The van der Waals surface area contributed by atoms with E-state index in [0.29, 0.717) is 0 Å². The second-order valence-corrected chi connectivity index (χ2v) is 18.1. The van der Waals surface area contributed by atoms with E-state index in [-0.39, 0.29) is 36.4 Å². The first-order valence-corrected chi connectivity index (χ1v) is 19.7. The van der Waals surface area contributed by atoms with E-state index in [1.54, 1.807) is 0 Å². The van der Waals surface area contributed by atoms with Crippen LogP contribution in [0.1, 0.15) is 89.0 Å². The molecule has 0 saturated carbocycles. The molecule has 1 radical (unpaired) electrons. The zero-order valence-corrected chi connectivity index (χ0v) is 26.4. The number of hydrogen-bond donors (Lipinski definition) is 0. The molecule has 0 aromatic carbocycles. The summed E-state index contributed by atoms with van der Waals surface area (Å²) in [5.74, 6) is -0.682. The molecule has 0 fully saturated rings. The third-order valence-electron chi connectivity index (χ3n) is 2.77. The van der Waals surface area contributed by atoms with Gasteiger partial charge in [0, 0.05) is 0 Å². The molecule has 0 aliphatic heterocycles. The summed E-state index contributed by atoms with van der Waals surface area (Å²) < 4.78 is 34.4. The number of hydrogen-bond acceptors (Lipinski definition) is 8. The Balaban J connectivity index is 0. The van der Waals surface area contributed by atoms with Crippen LogP contribution in [-0.2, 0) is 28.0 Å². The van der Waals surface area contributed by atoms with Crippen LogP contribution >= 0.6 is 0 Å². The summed E-state index contributed by atoms with van der Waals surface area (Å²) in [6.45, 7) is 20.5. The zero-order valence-electron chi connectivity index (χ0n) is 20.7. The SMILES string of the molecule is CC(C)[O][Sn]([O]C(C)C)([O]C(C)C)[O]C(C)C.CCC[CH2][Sn]([O]C(C)=O)[O]C(C)=O. The van der Waals surface area contributed by atoms with Crippen LogP contribution < -0.4 is 0 Å². The van der Waals surface area contributed by atoms with Gasteiger partial charge in [-0.2, -0.15) is 0 Å². The van der Waals surface area contributed by atoms with Crippen molar-refractivity contribution >= 4 is 52.6 Å². The second-order valence-electron chi connectivity index (χ2n) is 7.83. The molecule has 0 N–H and O–H groups in total. The summed E-state index contributed by atoms with van der Waals surface area (Å²) >= 11 is -6.51. The van der Waals surface area contributed by atoms with Crippen molar-refractivity contribution in [3.63, 3.8) is 0 Å². The fraction of sp³-hybridized carbons (Fsp3) is 0.900. The molecule has 0 aromatic heterocycles. The van der Waals surface area contributed by atoms with Crippen LogP contribution in [0.5, 0.6) is 0 Å². The Kier molecular flexibility index (Phi) is 19.4. The average Bonchev–Trinajstić information content (AvgIpc) is 2.48. The van der Waals surface area contributed by atoms with Gasteiger partial charge in [-0.15, -0.1) is 0 Å². The molecule has 30 heavy (non-hydrogen) atoms. The predicted molar refractivity (Wildman–Crippen MR) is 120 cm³/mol. The standard InChI is InChI=1S/C4H9.4C3H7O.2C2H4O2.2Sn/c1-3-4-2;4*1-3(2)4;2*1-2(3)4;;/h1,3-4H2,2H3;4*3H,1-2H3;2*1H3,(H,3,4);;/q;4*-1;;;+2;+4/p-2. The molecule has 0 aliphatic rings. The Hall–Kier alpha value is 0.377. The third kappa shape index (κ3) is 20.3. The van der Waals surface area contributed by atoms with Crippen molar-refractivity contribution in [2.45, 2.75) is 118 Å². The predicted octanol–water partition coefficient (Wildman–Crippen LogP) is 4.52. The minimum absolute atomic E-state index is 0.0436. The fourth-order valence-electron chi connectivity index (χ4n) is 2.09. The van der Waals surface area contributed by atoms with Gasteiger partial charge in [0.05, 0.1) is 0 Å². The fourth-order valence-corrected chi connectivity index (χ4v) is 14.0. The summed E-state index contributed by atoms with van der Waals surface area (Å²) in [5.41, 5.74) is 0. The van der Waals surface area contributed by atoms with Gasteiger partial charge >= 0.3 is 198 Å². The van der Waals surface area contributed by atoms with Crippen molar-refractivity contribution in [1.29, 1.82) is 0 Å². The van der Waals surface area contributed by atoms with Crippen molar-refractivity contribution in [1.82, 2.24) is 0 Å². The van der Waals surface area contributed by atoms with E-state index >= 15 is 0 Å². The summed E-state index contributed by atoms with van der Waals surface area (Å²) in [5, 5.41) is 0. The van der Waals surface area contributed by atoms with Crippen LogP contribution in [-0.4, -0.2) is 77.0 Å². The minimum atomic E-state index is -3.89. The molecule has 0 bridgehead atoms. The van der Waals surface area contributed by atoms with Crippen molar-refractivity contribution in [2.75, 3.05) is 0 Å². The second kappa shape index (κ2) is 17.9. The quantitative estimate of drug-likeness (QED) is 0.270. The Morgan fingerprint density at radius 2 is 1.00 bits per heavy atom. The molecule has 0 rings (SSSR count). The van der Waals surface area contributed by atoms with Crippen LogP contribution in [0, 0.1) is 0 Å². The molecule has 10 heteroatoms. The van der Waals surface area contributed by atoms with Crippen LogP contribution in [0.2, 0.25) is 4.44 Å². The van der Waals surface area contributed by atoms with Gasteiger partial charge in [0.15, 0.2) is 0 Å². The molecule has 0 unspecified atom stereocenters. The molecule has 0 atom stereocenters. The van der Waals surface area contributed by atoms with Crippen LogP contribution in [0.4, 0.5) is 0 Å². The maximum atomic E-state index is 10.6. The van der Waals surface area contributed by atoms with E-state index in [1.165, 1.54) is 13.8 Å². The Morgan fingerprint density at radius 1 is 0.700 bits per heavy atom. The topological polar surface area (TPSA) is 89.5 Å². The summed E-state index contributed by atoms with van der Waals surface area (Å²) in [6, 6.07) is 0. The molecule has 179 valence electrons. The molecule has 0 saturated heterocycles. The van der Waals surface area contributed by atoms with Crippen LogP contribution in [0.25, 0.3) is 0 Å². The van der Waals surface area contributed by atoms with Crippen molar-refractivity contribution in [3.8, 4) is 0 Å². The molecule has 0 aromatic rings. The average molecular weight is 649 g/mol. The molecule has 0 amide bonds. The molecule has 0 spiro atoms. The number of unbranched alkanes of at least 4 members (excludes halogenated alkanes) is 1. The van der Waals surface area contributed by atoms with E-state index in [1.807, 2.05) is 62.3 Å². The maximum absolute atomic E-state index is 10.6. The van der Waals surface area contributed by atoms with Crippen LogP contribution in [0.15, 0.2) is 0 Å². The van der Waals surface area contributed by atoms with Crippen molar-refractivity contribution in [3.05, 3.63) is 0 Å². The van der Waals surface area contributed by atoms with Crippen LogP contribution in [0.3, 0.4) is 0 Å². The van der Waals surface area contributed by atoms with E-state index < -0.39 is 40.6 Å². The first kappa shape index (κ1) is 32.6. The first-order valence-electron chi connectivity index (χ1n) is 10.7. The van der Waals surface area contributed by atoms with Crippen molar-refractivity contribution < 1.29 is 28.0 Å². The Bertz CT molecular complexity index is 408. The molecular formula is C20H43O8Sn2.